The molecule has 0 saturated carbocycles. The molecule has 1 amide bonds. The molecule has 0 radical (unpaired) electrons. The Hall–Kier alpha value is -1.88. The van der Waals surface area contributed by atoms with E-state index in [0.29, 0.717) is 12.1 Å². The Labute approximate surface area is 125 Å². The van der Waals surface area contributed by atoms with Gasteiger partial charge in [0.2, 0.25) is 5.91 Å². The van der Waals surface area contributed by atoms with Gasteiger partial charge in [0.05, 0.1) is 18.7 Å². The van der Waals surface area contributed by atoms with Crippen LogP contribution >= 0.6 is 0 Å². The van der Waals surface area contributed by atoms with Gasteiger partial charge in [-0.1, -0.05) is 25.0 Å². The molecule has 1 aromatic carbocycles. The van der Waals surface area contributed by atoms with Crippen LogP contribution in [0.25, 0.3) is 0 Å². The highest BCUT2D eigenvalue weighted by molar-refractivity contribution is 5.89. The van der Waals surface area contributed by atoms with E-state index in [0.717, 1.165) is 31.4 Å². The molecule has 1 heterocycles. The third kappa shape index (κ3) is 4.56. The number of methoxy groups -OCH3 is 1. The van der Waals surface area contributed by atoms with Crippen LogP contribution < -0.4 is 10.6 Å². The minimum Gasteiger partial charge on any atom is -0.465 e. The normalized spacial score (nSPS) is 18.6. The first-order valence-electron chi connectivity index (χ1n) is 7.39. The largest absolute Gasteiger partial charge is 0.465 e. The summed E-state index contributed by atoms with van der Waals surface area (Å²) in [7, 11) is 1.36. The fourth-order valence-electron chi connectivity index (χ4n) is 2.44. The number of benzene rings is 1. The Bertz CT molecular complexity index is 477. The summed E-state index contributed by atoms with van der Waals surface area (Å²) in [5.74, 6) is -0.304. The molecule has 1 unspecified atom stereocenters. The van der Waals surface area contributed by atoms with Crippen LogP contribution in [-0.4, -0.2) is 31.6 Å². The van der Waals surface area contributed by atoms with Crippen LogP contribution in [0.5, 0.6) is 0 Å². The van der Waals surface area contributed by atoms with Crippen molar-refractivity contribution in [3.8, 4) is 0 Å². The standard InChI is InChI=1S/C16H22N2O3/c1-21-16(20)13-8-6-12(7-9-13)11-18-15(19)14-5-3-2-4-10-17-14/h6-9,14,17H,2-5,10-11H2,1H3,(H,18,19). The van der Waals surface area contributed by atoms with Crippen molar-refractivity contribution in [2.24, 2.45) is 0 Å². The molecule has 1 saturated heterocycles. The van der Waals surface area contributed by atoms with Crippen molar-refractivity contribution in [1.82, 2.24) is 10.6 Å². The van der Waals surface area contributed by atoms with Gasteiger partial charge < -0.3 is 15.4 Å². The van der Waals surface area contributed by atoms with Crippen molar-refractivity contribution >= 4 is 11.9 Å². The highest BCUT2D eigenvalue weighted by Crippen LogP contribution is 2.09. The number of carbonyl (C=O) groups is 2. The van der Waals surface area contributed by atoms with Gasteiger partial charge in [-0.2, -0.15) is 0 Å². The molecule has 0 aromatic heterocycles. The molecule has 114 valence electrons. The number of nitrogens with one attached hydrogen (secondary N) is 2. The summed E-state index contributed by atoms with van der Waals surface area (Å²) in [5, 5.41) is 6.22. The Morgan fingerprint density at radius 1 is 1.24 bits per heavy atom. The molecule has 0 bridgehead atoms. The molecule has 0 spiro atoms. The monoisotopic (exact) mass is 290 g/mol. The fraction of sp³-hybridized carbons (Fsp3) is 0.500. The molecule has 1 aliphatic heterocycles. The van der Waals surface area contributed by atoms with E-state index in [9.17, 15) is 9.59 Å². The van der Waals surface area contributed by atoms with Crippen LogP contribution in [0.15, 0.2) is 24.3 Å². The van der Waals surface area contributed by atoms with E-state index in [-0.39, 0.29) is 17.9 Å². The number of amides is 1. The SMILES string of the molecule is COC(=O)c1ccc(CNC(=O)C2CCCCCN2)cc1. The molecule has 1 fully saturated rings. The lowest BCUT2D eigenvalue weighted by Gasteiger charge is -2.15. The summed E-state index contributed by atoms with van der Waals surface area (Å²) >= 11 is 0. The van der Waals surface area contributed by atoms with E-state index < -0.39 is 0 Å². The number of hydrogen-bond donors (Lipinski definition) is 2. The third-order valence-corrected chi connectivity index (χ3v) is 3.72. The van der Waals surface area contributed by atoms with Crippen molar-refractivity contribution in [2.75, 3.05) is 13.7 Å². The molecule has 0 aliphatic carbocycles. The second kappa shape index (κ2) is 7.78. The minimum absolute atomic E-state index is 0.0499. The van der Waals surface area contributed by atoms with Crippen molar-refractivity contribution < 1.29 is 14.3 Å². The maximum Gasteiger partial charge on any atom is 0.337 e. The number of carbonyl (C=O) groups excluding carboxylic acids is 2. The van der Waals surface area contributed by atoms with Gasteiger partial charge >= 0.3 is 5.97 Å². The Balaban J connectivity index is 1.84. The minimum atomic E-state index is -0.353. The topological polar surface area (TPSA) is 67.4 Å². The van der Waals surface area contributed by atoms with Crippen molar-refractivity contribution in [2.45, 2.75) is 38.3 Å². The highest BCUT2D eigenvalue weighted by Gasteiger charge is 2.18. The number of esters is 1. The van der Waals surface area contributed by atoms with Crippen molar-refractivity contribution in [3.63, 3.8) is 0 Å². The Morgan fingerprint density at radius 2 is 2.00 bits per heavy atom. The second-order valence-electron chi connectivity index (χ2n) is 5.26. The highest BCUT2D eigenvalue weighted by atomic mass is 16.5. The maximum atomic E-state index is 12.1. The van der Waals surface area contributed by atoms with E-state index in [2.05, 4.69) is 15.4 Å². The molecule has 5 heteroatoms. The van der Waals surface area contributed by atoms with Gasteiger partial charge in [0.25, 0.3) is 0 Å². The third-order valence-electron chi connectivity index (χ3n) is 3.72. The first-order valence-corrected chi connectivity index (χ1v) is 7.39. The zero-order valence-corrected chi connectivity index (χ0v) is 12.4. The molecular weight excluding hydrogens is 268 g/mol. The summed E-state index contributed by atoms with van der Waals surface area (Å²) in [6.07, 6.45) is 4.32. The van der Waals surface area contributed by atoms with Crippen LogP contribution in [0, 0.1) is 0 Å². The summed E-state index contributed by atoms with van der Waals surface area (Å²) in [6, 6.07) is 6.98. The van der Waals surface area contributed by atoms with Gasteiger partial charge in [-0.25, -0.2) is 4.79 Å². The van der Waals surface area contributed by atoms with Crippen LogP contribution in [0.2, 0.25) is 0 Å². The van der Waals surface area contributed by atoms with Crippen molar-refractivity contribution in [3.05, 3.63) is 35.4 Å². The first-order chi connectivity index (χ1) is 10.2. The predicted molar refractivity (Wildman–Crippen MR) is 79.9 cm³/mol. The van der Waals surface area contributed by atoms with Gasteiger partial charge in [-0.3, -0.25) is 4.79 Å². The van der Waals surface area contributed by atoms with E-state index in [4.69, 9.17) is 0 Å². The summed E-state index contributed by atoms with van der Waals surface area (Å²) < 4.78 is 4.65. The van der Waals surface area contributed by atoms with E-state index in [1.165, 1.54) is 13.5 Å². The molecule has 21 heavy (non-hydrogen) atoms. The van der Waals surface area contributed by atoms with Crippen LogP contribution in [0.1, 0.15) is 41.6 Å². The summed E-state index contributed by atoms with van der Waals surface area (Å²) in [4.78, 5) is 23.4. The van der Waals surface area contributed by atoms with Gasteiger partial charge in [0, 0.05) is 6.54 Å². The van der Waals surface area contributed by atoms with Crippen LogP contribution in [0.4, 0.5) is 0 Å². The second-order valence-corrected chi connectivity index (χ2v) is 5.26. The molecule has 1 aromatic rings. The van der Waals surface area contributed by atoms with Crippen LogP contribution in [-0.2, 0) is 16.1 Å². The zero-order valence-electron chi connectivity index (χ0n) is 12.4. The number of ether oxygens (including phenoxy) is 1. The lowest BCUT2D eigenvalue weighted by molar-refractivity contribution is -0.123. The quantitative estimate of drug-likeness (QED) is 0.827. The Morgan fingerprint density at radius 3 is 2.71 bits per heavy atom. The number of hydrogen-bond acceptors (Lipinski definition) is 4. The van der Waals surface area contributed by atoms with Gasteiger partial charge in [-0.15, -0.1) is 0 Å². The average Bonchev–Trinajstić information content (AvgIpc) is 2.81. The smallest absolute Gasteiger partial charge is 0.337 e. The maximum absolute atomic E-state index is 12.1. The van der Waals surface area contributed by atoms with Gasteiger partial charge in [-0.05, 0) is 37.1 Å². The number of rotatable bonds is 4. The predicted octanol–water partition coefficient (Wildman–Crippen LogP) is 1.62. The first kappa shape index (κ1) is 15.5. The van der Waals surface area contributed by atoms with E-state index in [1.807, 2.05) is 12.1 Å². The molecule has 1 aliphatic rings. The lowest BCUT2D eigenvalue weighted by atomic mass is 10.1. The van der Waals surface area contributed by atoms with Gasteiger partial charge in [0.1, 0.15) is 0 Å². The molecule has 2 N–H and O–H groups in total. The molecule has 1 atom stereocenters. The van der Waals surface area contributed by atoms with E-state index >= 15 is 0 Å². The lowest BCUT2D eigenvalue weighted by Crippen LogP contribution is -2.43. The molecule has 2 rings (SSSR count). The van der Waals surface area contributed by atoms with Gasteiger partial charge in [0.15, 0.2) is 0 Å². The fourth-order valence-corrected chi connectivity index (χ4v) is 2.44. The van der Waals surface area contributed by atoms with Crippen molar-refractivity contribution in [1.29, 1.82) is 0 Å². The molecule has 5 nitrogen and oxygen atoms in total. The molecular formula is C16H22N2O3. The zero-order chi connectivity index (χ0) is 15.1. The summed E-state index contributed by atoms with van der Waals surface area (Å²) in [5.41, 5.74) is 1.47. The Kier molecular flexibility index (Phi) is 5.75. The summed E-state index contributed by atoms with van der Waals surface area (Å²) in [6.45, 7) is 1.38. The van der Waals surface area contributed by atoms with Crippen LogP contribution in [0.3, 0.4) is 0 Å². The van der Waals surface area contributed by atoms with E-state index in [1.54, 1.807) is 12.1 Å². The average molecular weight is 290 g/mol.